The second-order valence-corrected chi connectivity index (χ2v) is 7.61. The third-order valence-corrected chi connectivity index (χ3v) is 5.52. The Balaban J connectivity index is 1.56. The number of morpholine rings is 1. The molecule has 2 N–H and O–H groups in total. The van der Waals surface area contributed by atoms with Crippen molar-refractivity contribution in [2.75, 3.05) is 59.2 Å². The van der Waals surface area contributed by atoms with Gasteiger partial charge in [-0.05, 0) is 31.4 Å². The lowest BCUT2D eigenvalue weighted by molar-refractivity contribution is 0.00368. The van der Waals surface area contributed by atoms with Crippen molar-refractivity contribution in [3.63, 3.8) is 0 Å². The first-order valence-electron chi connectivity index (χ1n) is 10.3. The molecule has 0 amide bonds. The summed E-state index contributed by atoms with van der Waals surface area (Å²) in [5, 5.41) is 7.32. The number of hydrogen-bond acceptors (Lipinski definition) is 5. The summed E-state index contributed by atoms with van der Waals surface area (Å²) in [5.41, 5.74) is 1.15. The Morgan fingerprint density at radius 1 is 1.29 bits per heavy atom. The summed E-state index contributed by atoms with van der Waals surface area (Å²) in [7, 11) is 0. The third-order valence-electron chi connectivity index (χ3n) is 5.30. The molecule has 0 spiro atoms. The zero-order valence-electron chi connectivity index (χ0n) is 16.7. The smallest absolute Gasteiger partial charge is 0.191 e. The molecular weight excluding hydrogens is 378 g/mol. The van der Waals surface area contributed by atoms with Crippen LogP contribution in [0.5, 0.6) is 0 Å². The summed E-state index contributed by atoms with van der Waals surface area (Å²) in [4.78, 5) is 11.6. The molecule has 7 nitrogen and oxygen atoms in total. The first kappa shape index (κ1) is 21.3. The van der Waals surface area contributed by atoms with E-state index in [4.69, 9.17) is 26.1 Å². The van der Waals surface area contributed by atoms with Crippen molar-refractivity contribution in [3.05, 3.63) is 29.0 Å². The highest BCUT2D eigenvalue weighted by atomic mass is 35.5. The van der Waals surface area contributed by atoms with Gasteiger partial charge < -0.3 is 20.1 Å². The first-order chi connectivity index (χ1) is 13.8. The number of hydrogen-bond donors (Lipinski definition) is 2. The predicted molar refractivity (Wildman–Crippen MR) is 112 cm³/mol. The van der Waals surface area contributed by atoms with E-state index in [-0.39, 0.29) is 0 Å². The average Bonchev–Trinajstić information content (AvgIpc) is 3.25. The van der Waals surface area contributed by atoms with Crippen LogP contribution in [0.4, 0.5) is 0 Å². The van der Waals surface area contributed by atoms with Gasteiger partial charge in [0.05, 0.1) is 26.4 Å². The van der Waals surface area contributed by atoms with Crippen molar-refractivity contribution in [1.82, 2.24) is 20.5 Å². The van der Waals surface area contributed by atoms with E-state index in [0.29, 0.717) is 17.1 Å². The largest absolute Gasteiger partial charge is 0.381 e. The number of pyridine rings is 1. The number of nitrogens with zero attached hydrogens (tertiary/aromatic N) is 3. The fraction of sp³-hybridized carbons (Fsp3) is 0.700. The van der Waals surface area contributed by atoms with Gasteiger partial charge in [0.2, 0.25) is 0 Å². The number of halogens is 1. The van der Waals surface area contributed by atoms with E-state index in [1.54, 1.807) is 0 Å². The lowest BCUT2D eigenvalue weighted by Gasteiger charge is -2.36. The van der Waals surface area contributed by atoms with Crippen LogP contribution in [0.3, 0.4) is 0 Å². The van der Waals surface area contributed by atoms with Crippen LogP contribution in [0.25, 0.3) is 0 Å². The van der Waals surface area contributed by atoms with Gasteiger partial charge in [0.15, 0.2) is 5.96 Å². The zero-order valence-corrected chi connectivity index (χ0v) is 17.5. The number of ether oxygens (including phenoxy) is 2. The SMILES string of the molecule is CCNC(=NCC(C1CCOC1)N1CCOCC1)NCCc1ccc(Cl)nc1. The van der Waals surface area contributed by atoms with Crippen LogP contribution in [0.15, 0.2) is 23.3 Å². The zero-order chi connectivity index (χ0) is 19.6. The van der Waals surface area contributed by atoms with Crippen LogP contribution < -0.4 is 10.6 Å². The lowest BCUT2D eigenvalue weighted by Crippen LogP contribution is -2.49. The molecular formula is C20H32ClN5O2. The Morgan fingerprint density at radius 2 is 2.14 bits per heavy atom. The summed E-state index contributed by atoms with van der Waals surface area (Å²) in [6.45, 7) is 9.76. The summed E-state index contributed by atoms with van der Waals surface area (Å²) in [6.07, 6.45) is 3.81. The van der Waals surface area contributed by atoms with Crippen LogP contribution >= 0.6 is 11.6 Å². The Labute approximate surface area is 172 Å². The van der Waals surface area contributed by atoms with Gasteiger partial charge in [0, 0.05) is 50.9 Å². The summed E-state index contributed by atoms with van der Waals surface area (Å²) in [5.74, 6) is 1.41. The number of rotatable bonds is 8. The molecule has 0 aromatic carbocycles. The fourth-order valence-corrected chi connectivity index (χ4v) is 3.85. The van der Waals surface area contributed by atoms with Crippen molar-refractivity contribution >= 4 is 17.6 Å². The van der Waals surface area contributed by atoms with Crippen LogP contribution in [-0.4, -0.2) is 81.0 Å². The fourth-order valence-electron chi connectivity index (χ4n) is 3.73. The number of guanidine groups is 1. The van der Waals surface area contributed by atoms with Crippen molar-refractivity contribution in [2.24, 2.45) is 10.9 Å². The molecule has 8 heteroatoms. The van der Waals surface area contributed by atoms with Gasteiger partial charge in [-0.1, -0.05) is 17.7 Å². The Morgan fingerprint density at radius 3 is 2.82 bits per heavy atom. The molecule has 0 radical (unpaired) electrons. The van der Waals surface area contributed by atoms with Gasteiger partial charge in [-0.3, -0.25) is 9.89 Å². The van der Waals surface area contributed by atoms with Crippen molar-refractivity contribution < 1.29 is 9.47 Å². The normalized spacial score (nSPS) is 22.2. The molecule has 1 aromatic rings. The molecule has 0 bridgehead atoms. The second kappa shape index (κ2) is 11.6. The molecule has 2 fully saturated rings. The van der Waals surface area contributed by atoms with Crippen molar-refractivity contribution in [2.45, 2.75) is 25.8 Å². The molecule has 2 unspecified atom stereocenters. The first-order valence-corrected chi connectivity index (χ1v) is 10.7. The van der Waals surface area contributed by atoms with E-state index in [1.807, 2.05) is 18.3 Å². The van der Waals surface area contributed by atoms with Crippen molar-refractivity contribution in [1.29, 1.82) is 0 Å². The molecule has 2 aliphatic rings. The second-order valence-electron chi connectivity index (χ2n) is 7.22. The monoisotopic (exact) mass is 409 g/mol. The topological polar surface area (TPSA) is 71.0 Å². The van der Waals surface area contributed by atoms with E-state index in [0.717, 1.165) is 83.5 Å². The van der Waals surface area contributed by atoms with Gasteiger partial charge in [-0.25, -0.2) is 4.98 Å². The van der Waals surface area contributed by atoms with Gasteiger partial charge >= 0.3 is 0 Å². The van der Waals surface area contributed by atoms with E-state index in [9.17, 15) is 0 Å². The maximum absolute atomic E-state index is 5.85. The van der Waals surface area contributed by atoms with Gasteiger partial charge in [-0.15, -0.1) is 0 Å². The van der Waals surface area contributed by atoms with E-state index >= 15 is 0 Å². The maximum atomic E-state index is 5.85. The number of aromatic nitrogens is 1. The van der Waals surface area contributed by atoms with Crippen LogP contribution in [0, 0.1) is 5.92 Å². The molecule has 2 saturated heterocycles. The predicted octanol–water partition coefficient (Wildman–Crippen LogP) is 1.57. The van der Waals surface area contributed by atoms with Crippen molar-refractivity contribution in [3.8, 4) is 0 Å². The quantitative estimate of drug-likeness (QED) is 0.386. The number of nitrogens with one attached hydrogen (secondary N) is 2. The molecule has 0 saturated carbocycles. The summed E-state index contributed by atoms with van der Waals surface area (Å²) in [6, 6.07) is 4.24. The minimum atomic E-state index is 0.405. The van der Waals surface area contributed by atoms with Crippen LogP contribution in [0.2, 0.25) is 5.15 Å². The van der Waals surface area contributed by atoms with Crippen LogP contribution in [-0.2, 0) is 15.9 Å². The Hall–Kier alpha value is -1.41. The number of aliphatic imine (C=N–C) groups is 1. The maximum Gasteiger partial charge on any atom is 0.191 e. The van der Waals surface area contributed by atoms with E-state index in [1.165, 1.54) is 0 Å². The Bertz CT molecular complexity index is 601. The highest BCUT2D eigenvalue weighted by Gasteiger charge is 2.31. The molecule has 3 rings (SSSR count). The molecule has 2 aliphatic heterocycles. The summed E-state index contributed by atoms with van der Waals surface area (Å²) >= 11 is 5.85. The molecule has 156 valence electrons. The Kier molecular flexibility index (Phi) is 8.79. The molecule has 0 aliphatic carbocycles. The minimum Gasteiger partial charge on any atom is -0.381 e. The molecule has 28 heavy (non-hydrogen) atoms. The minimum absolute atomic E-state index is 0.405. The third kappa shape index (κ3) is 6.58. The van der Waals surface area contributed by atoms with Crippen LogP contribution in [0.1, 0.15) is 18.9 Å². The summed E-state index contributed by atoms with van der Waals surface area (Å²) < 4.78 is 11.2. The molecule has 3 heterocycles. The lowest BCUT2D eigenvalue weighted by atomic mass is 9.97. The molecule has 2 atom stereocenters. The highest BCUT2D eigenvalue weighted by molar-refractivity contribution is 6.29. The van der Waals surface area contributed by atoms with Gasteiger partial charge in [0.1, 0.15) is 5.15 Å². The van der Waals surface area contributed by atoms with Gasteiger partial charge in [-0.2, -0.15) is 0 Å². The standard InChI is InChI=1S/C20H32ClN5O2/c1-2-22-20(23-7-5-16-3-4-19(21)24-13-16)25-14-18(17-6-10-28-15-17)26-8-11-27-12-9-26/h3-4,13,17-18H,2,5-12,14-15H2,1H3,(H2,22,23,25). The van der Waals surface area contributed by atoms with E-state index < -0.39 is 0 Å². The molecule has 1 aromatic heterocycles. The van der Waals surface area contributed by atoms with Gasteiger partial charge in [0.25, 0.3) is 0 Å². The van der Waals surface area contributed by atoms with E-state index in [2.05, 4.69) is 27.4 Å². The highest BCUT2D eigenvalue weighted by Crippen LogP contribution is 2.22. The average molecular weight is 410 g/mol.